The lowest BCUT2D eigenvalue weighted by Crippen LogP contribution is -2.41. The lowest BCUT2D eigenvalue weighted by Gasteiger charge is -2.37. The minimum absolute atomic E-state index is 0.0441. The molecule has 1 unspecified atom stereocenters. The van der Waals surface area contributed by atoms with Gasteiger partial charge in [-0.3, -0.25) is 0 Å². The van der Waals surface area contributed by atoms with Gasteiger partial charge in [0.15, 0.2) is 0 Å². The molecule has 0 saturated carbocycles. The van der Waals surface area contributed by atoms with Gasteiger partial charge in [-0.2, -0.15) is 0 Å². The predicted molar refractivity (Wildman–Crippen MR) is 128 cm³/mol. The molecule has 2 aliphatic heterocycles. The lowest BCUT2D eigenvalue weighted by atomic mass is 9.77. The van der Waals surface area contributed by atoms with Gasteiger partial charge >= 0.3 is 6.03 Å². The number of carbonyl (C=O) groups excluding carboxylic acids is 1. The van der Waals surface area contributed by atoms with Gasteiger partial charge < -0.3 is 25.6 Å². The highest BCUT2D eigenvalue weighted by Gasteiger charge is 2.38. The number of ether oxygens (including phenoxy) is 1. The summed E-state index contributed by atoms with van der Waals surface area (Å²) in [6.07, 6.45) is 8.30. The number of aromatic nitrogens is 4. The second kappa shape index (κ2) is 9.57. The number of nitrogens with zero attached hydrogens (tertiary/aromatic N) is 6. The molecule has 2 aromatic rings. The number of allylic oxidation sites excluding steroid dienone is 3. The molecule has 5 rings (SSSR count). The summed E-state index contributed by atoms with van der Waals surface area (Å²) in [5.41, 5.74) is 6.55. The Kier molecular flexibility index (Phi) is 6.33. The molecule has 0 aromatic carbocycles. The van der Waals surface area contributed by atoms with E-state index in [9.17, 15) is 4.79 Å². The Labute approximate surface area is 203 Å². The molecule has 35 heavy (non-hydrogen) atoms. The molecule has 11 heteroatoms. The molecule has 1 fully saturated rings. The molecule has 0 spiro atoms. The monoisotopic (exact) mass is 480 g/mol. The summed E-state index contributed by atoms with van der Waals surface area (Å²) in [6.45, 7) is 6.05. The van der Waals surface area contributed by atoms with E-state index < -0.39 is 17.3 Å². The summed E-state index contributed by atoms with van der Waals surface area (Å²) in [5, 5.41) is 2.35. The van der Waals surface area contributed by atoms with E-state index in [1.165, 1.54) is 0 Å². The number of halogens is 1. The zero-order chi connectivity index (χ0) is 24.4. The van der Waals surface area contributed by atoms with E-state index in [2.05, 4.69) is 25.1 Å². The predicted octanol–water partition coefficient (Wildman–Crippen LogP) is 2.12. The van der Waals surface area contributed by atoms with Crippen LogP contribution in [0.5, 0.6) is 0 Å². The average Bonchev–Trinajstić information content (AvgIpc) is 2.89. The summed E-state index contributed by atoms with van der Waals surface area (Å²) < 4.78 is 20.7. The maximum absolute atomic E-state index is 15.1. The maximum atomic E-state index is 15.1. The Morgan fingerprint density at radius 2 is 1.97 bits per heavy atom. The van der Waals surface area contributed by atoms with Gasteiger partial charge in [-0.05, 0) is 25.0 Å². The SMILES string of the molecule is CCC1(c2nc3c(c(N4CCOCC4)n2)CCN(c2ncccn2)C3)C=CC(NC(N)=O)=C(F)C1. The third kappa shape index (κ3) is 4.55. The van der Waals surface area contributed by atoms with Crippen molar-refractivity contribution in [1.29, 1.82) is 0 Å². The molecular weight excluding hydrogens is 451 g/mol. The van der Waals surface area contributed by atoms with Crippen LogP contribution in [0.1, 0.15) is 36.8 Å². The summed E-state index contributed by atoms with van der Waals surface area (Å²) >= 11 is 0. The fraction of sp³-hybridized carbons (Fsp3) is 0.458. The maximum Gasteiger partial charge on any atom is 0.316 e. The highest BCUT2D eigenvalue weighted by molar-refractivity contribution is 5.74. The van der Waals surface area contributed by atoms with E-state index in [1.54, 1.807) is 24.5 Å². The van der Waals surface area contributed by atoms with Crippen LogP contribution in [0.25, 0.3) is 0 Å². The molecular formula is C24H29FN8O2. The van der Waals surface area contributed by atoms with Crippen molar-refractivity contribution in [2.75, 3.05) is 42.6 Å². The van der Waals surface area contributed by atoms with Crippen LogP contribution in [0.4, 0.5) is 21.0 Å². The Hall–Kier alpha value is -3.60. The van der Waals surface area contributed by atoms with Gasteiger partial charge in [0.1, 0.15) is 17.5 Å². The normalized spacial score (nSPS) is 22.2. The van der Waals surface area contributed by atoms with Crippen LogP contribution >= 0.6 is 0 Å². The molecule has 1 aliphatic carbocycles. The molecule has 2 amide bonds. The molecule has 10 nitrogen and oxygen atoms in total. The third-order valence-electron chi connectivity index (χ3n) is 6.85. The fourth-order valence-corrected chi connectivity index (χ4v) is 4.86. The summed E-state index contributed by atoms with van der Waals surface area (Å²) in [4.78, 5) is 34.5. The van der Waals surface area contributed by atoms with Gasteiger partial charge in [-0.25, -0.2) is 29.1 Å². The standard InChI is InChI=1S/C24H29FN8O2/c1-2-24(6-4-18(17(25)14-24)30-22(26)34)21-29-19-15-33(23-27-7-3-8-28-23)9-5-16(19)20(31-21)32-10-12-35-13-11-32/h3-4,6-8H,2,5,9-15H2,1H3,(H3,26,30,34). The van der Waals surface area contributed by atoms with E-state index in [0.29, 0.717) is 38.0 Å². The summed E-state index contributed by atoms with van der Waals surface area (Å²) in [6, 6.07) is 0.994. The zero-order valence-electron chi connectivity index (χ0n) is 19.7. The van der Waals surface area contributed by atoms with E-state index in [1.807, 2.05) is 13.0 Å². The van der Waals surface area contributed by atoms with Crippen molar-refractivity contribution in [1.82, 2.24) is 25.3 Å². The third-order valence-corrected chi connectivity index (χ3v) is 6.85. The molecule has 0 radical (unpaired) electrons. The van der Waals surface area contributed by atoms with Crippen LogP contribution in [0, 0.1) is 0 Å². The number of morpholine rings is 1. The number of carbonyl (C=O) groups is 1. The largest absolute Gasteiger partial charge is 0.378 e. The van der Waals surface area contributed by atoms with E-state index in [4.69, 9.17) is 20.4 Å². The number of anilines is 2. The second-order valence-corrected chi connectivity index (χ2v) is 8.94. The Bertz CT molecular complexity index is 1170. The number of nitrogens with one attached hydrogen (secondary N) is 1. The second-order valence-electron chi connectivity index (χ2n) is 8.94. The number of hydrogen-bond acceptors (Lipinski definition) is 8. The van der Waals surface area contributed by atoms with Gasteiger partial charge in [-0.1, -0.05) is 13.0 Å². The number of nitrogens with two attached hydrogens (primary N) is 1. The van der Waals surface area contributed by atoms with E-state index >= 15 is 4.39 Å². The van der Waals surface area contributed by atoms with Gasteiger partial charge in [0, 0.05) is 44.0 Å². The first kappa shape index (κ1) is 23.2. The highest BCUT2D eigenvalue weighted by atomic mass is 19.1. The van der Waals surface area contributed by atoms with Crippen molar-refractivity contribution in [2.45, 2.75) is 38.1 Å². The van der Waals surface area contributed by atoms with Gasteiger partial charge in [0.25, 0.3) is 0 Å². The minimum Gasteiger partial charge on any atom is -0.378 e. The molecule has 0 bridgehead atoms. The van der Waals surface area contributed by atoms with Crippen molar-refractivity contribution in [2.24, 2.45) is 5.73 Å². The van der Waals surface area contributed by atoms with Crippen LogP contribution in [-0.2, 0) is 23.1 Å². The molecule has 4 heterocycles. The topological polar surface area (TPSA) is 122 Å². The number of hydrogen-bond donors (Lipinski definition) is 2. The zero-order valence-corrected chi connectivity index (χ0v) is 19.7. The Balaban J connectivity index is 1.56. The molecule has 2 aromatic heterocycles. The van der Waals surface area contributed by atoms with Crippen LogP contribution in [0.3, 0.4) is 0 Å². The smallest absolute Gasteiger partial charge is 0.316 e. The Morgan fingerprint density at radius 1 is 1.20 bits per heavy atom. The summed E-state index contributed by atoms with van der Waals surface area (Å²) in [5.74, 6) is 1.68. The number of amides is 2. The molecule has 1 saturated heterocycles. The number of fused-ring (bicyclic) bond motifs is 1. The van der Waals surface area contributed by atoms with Crippen LogP contribution in [0.15, 0.2) is 42.1 Å². The van der Waals surface area contributed by atoms with Crippen molar-refractivity contribution in [3.05, 3.63) is 59.2 Å². The number of primary amides is 1. The number of rotatable bonds is 5. The van der Waals surface area contributed by atoms with E-state index in [0.717, 1.165) is 43.1 Å². The van der Waals surface area contributed by atoms with Crippen LogP contribution < -0.4 is 20.9 Å². The first-order valence-electron chi connectivity index (χ1n) is 11.9. The first-order chi connectivity index (χ1) is 17.0. The lowest BCUT2D eigenvalue weighted by molar-refractivity contribution is 0.122. The van der Waals surface area contributed by atoms with Crippen molar-refractivity contribution in [3.63, 3.8) is 0 Å². The van der Waals surface area contributed by atoms with Crippen LogP contribution in [0.2, 0.25) is 0 Å². The van der Waals surface area contributed by atoms with Gasteiger partial charge in [-0.15, -0.1) is 0 Å². The fourth-order valence-electron chi connectivity index (χ4n) is 4.86. The van der Waals surface area contributed by atoms with Crippen molar-refractivity contribution in [3.8, 4) is 0 Å². The van der Waals surface area contributed by atoms with Gasteiger partial charge in [0.05, 0.1) is 36.6 Å². The van der Waals surface area contributed by atoms with Crippen LogP contribution in [-0.4, -0.2) is 58.8 Å². The Morgan fingerprint density at radius 3 is 2.66 bits per heavy atom. The molecule has 1 atom stereocenters. The molecule has 3 N–H and O–H groups in total. The quantitative estimate of drug-likeness (QED) is 0.667. The number of urea groups is 1. The van der Waals surface area contributed by atoms with Crippen molar-refractivity contribution >= 4 is 17.8 Å². The first-order valence-corrected chi connectivity index (χ1v) is 11.9. The van der Waals surface area contributed by atoms with Crippen molar-refractivity contribution < 1.29 is 13.9 Å². The summed E-state index contributed by atoms with van der Waals surface area (Å²) in [7, 11) is 0. The highest BCUT2D eigenvalue weighted by Crippen LogP contribution is 2.41. The average molecular weight is 481 g/mol. The minimum atomic E-state index is -0.799. The molecule has 184 valence electrons. The van der Waals surface area contributed by atoms with Gasteiger partial charge in [0.2, 0.25) is 5.95 Å². The molecule has 3 aliphatic rings. The van der Waals surface area contributed by atoms with E-state index in [-0.39, 0.29) is 12.1 Å².